The van der Waals surface area contributed by atoms with Crippen LogP contribution in [0.2, 0.25) is 0 Å². The minimum Gasteiger partial charge on any atom is -0.477 e. The van der Waals surface area contributed by atoms with Gasteiger partial charge in [0.15, 0.2) is 6.10 Å². The van der Waals surface area contributed by atoms with E-state index in [9.17, 15) is 19.5 Å². The molecule has 0 aromatic carbocycles. The number of carbonyl (C=O) groups is 3. The van der Waals surface area contributed by atoms with Gasteiger partial charge in [0.25, 0.3) is 6.29 Å². The Kier molecular flexibility index (Phi) is 60.7. The number of likely N-dealkylation sites (N-methyl/N-ethyl adjacent to an activating group) is 1. The highest BCUT2D eigenvalue weighted by molar-refractivity contribution is 5.71. The standard InChI is InChI=1S/C72H131NO8/c1-6-8-10-12-14-16-18-20-22-24-26-28-30-32-34-35-37-39-41-43-45-47-49-51-53-55-57-59-61-63-70(75)81-68(67-80-72(71(76)77)78-65-64-73(3,4)5)66-79-69(74)62-60-58-56-54-52-50-48-46-44-42-40-38-36-33-31-29-27-25-23-21-19-17-15-13-11-9-7-2/h8,10,14,16,20,22,26,28,32,34,68,72H,6-7,9,11-13,15,17-19,21,23-25,27,29-31,33,35-67H2,1-5H3/p+1/b10-8-,16-14-,22-20-,28-26-,34-32-. The molecule has 0 saturated heterocycles. The number of hydrogen-bond donors (Lipinski definition) is 1. The Labute approximate surface area is 501 Å². The fourth-order valence-electron chi connectivity index (χ4n) is 10.0. The zero-order valence-electron chi connectivity index (χ0n) is 53.9. The van der Waals surface area contributed by atoms with Crippen LogP contribution in [0.4, 0.5) is 0 Å². The van der Waals surface area contributed by atoms with Crippen molar-refractivity contribution in [2.75, 3.05) is 47.5 Å². The third-order valence-electron chi connectivity index (χ3n) is 15.3. The van der Waals surface area contributed by atoms with Crippen LogP contribution < -0.4 is 0 Å². The normalized spacial score (nSPS) is 13.0. The first-order valence-electron chi connectivity index (χ1n) is 34.5. The van der Waals surface area contributed by atoms with Crippen LogP contribution in [0.25, 0.3) is 0 Å². The summed E-state index contributed by atoms with van der Waals surface area (Å²) in [6.07, 6.45) is 79.0. The summed E-state index contributed by atoms with van der Waals surface area (Å²) in [5, 5.41) is 9.74. The molecule has 0 radical (unpaired) electrons. The van der Waals surface area contributed by atoms with E-state index in [1.165, 1.54) is 225 Å². The van der Waals surface area contributed by atoms with E-state index in [1.54, 1.807) is 0 Å². The molecule has 0 rings (SSSR count). The molecule has 2 unspecified atom stereocenters. The van der Waals surface area contributed by atoms with Crippen molar-refractivity contribution >= 4 is 17.9 Å². The van der Waals surface area contributed by atoms with E-state index in [0.717, 1.165) is 70.6 Å². The largest absolute Gasteiger partial charge is 0.477 e. The Morgan fingerprint density at radius 1 is 0.383 bits per heavy atom. The van der Waals surface area contributed by atoms with Crippen LogP contribution in [0.5, 0.6) is 0 Å². The van der Waals surface area contributed by atoms with E-state index < -0.39 is 24.3 Å². The molecule has 0 aromatic rings. The summed E-state index contributed by atoms with van der Waals surface area (Å²) in [7, 11) is 5.98. The Morgan fingerprint density at radius 3 is 1.05 bits per heavy atom. The van der Waals surface area contributed by atoms with E-state index in [0.29, 0.717) is 17.4 Å². The number of ether oxygens (including phenoxy) is 4. The van der Waals surface area contributed by atoms with E-state index in [-0.39, 0.29) is 32.2 Å². The zero-order valence-corrected chi connectivity index (χ0v) is 53.9. The molecule has 0 amide bonds. The molecule has 0 aromatic heterocycles. The molecule has 0 aliphatic heterocycles. The molecule has 472 valence electrons. The summed E-state index contributed by atoms with van der Waals surface area (Å²) in [5.41, 5.74) is 0. The highest BCUT2D eigenvalue weighted by atomic mass is 16.7. The van der Waals surface area contributed by atoms with Crippen molar-refractivity contribution in [2.24, 2.45) is 0 Å². The lowest BCUT2D eigenvalue weighted by atomic mass is 10.0. The number of rotatable bonds is 64. The third kappa shape index (κ3) is 64.4. The van der Waals surface area contributed by atoms with Gasteiger partial charge in [0, 0.05) is 12.8 Å². The predicted molar refractivity (Wildman–Crippen MR) is 346 cm³/mol. The van der Waals surface area contributed by atoms with Crippen molar-refractivity contribution in [3.63, 3.8) is 0 Å². The molecule has 0 fully saturated rings. The summed E-state index contributed by atoms with van der Waals surface area (Å²) in [6.45, 7) is 4.82. The van der Waals surface area contributed by atoms with Crippen LogP contribution in [0.1, 0.15) is 322 Å². The van der Waals surface area contributed by atoms with Crippen LogP contribution in [0, 0.1) is 0 Å². The van der Waals surface area contributed by atoms with Crippen molar-refractivity contribution in [3.8, 4) is 0 Å². The number of carboxylic acids is 1. The Balaban J connectivity index is 4.11. The van der Waals surface area contributed by atoms with Gasteiger partial charge in [-0.15, -0.1) is 0 Å². The summed E-state index contributed by atoms with van der Waals surface area (Å²) >= 11 is 0. The van der Waals surface area contributed by atoms with Gasteiger partial charge < -0.3 is 28.5 Å². The zero-order chi connectivity index (χ0) is 59.1. The Hall–Kier alpha value is -3.01. The maximum Gasteiger partial charge on any atom is 0.361 e. The van der Waals surface area contributed by atoms with Crippen molar-refractivity contribution in [3.05, 3.63) is 60.8 Å². The molecule has 0 saturated carbocycles. The van der Waals surface area contributed by atoms with Crippen molar-refractivity contribution in [2.45, 2.75) is 334 Å². The maximum absolute atomic E-state index is 12.9. The predicted octanol–water partition coefficient (Wildman–Crippen LogP) is 21.1. The smallest absolute Gasteiger partial charge is 0.361 e. The molecule has 1 N–H and O–H groups in total. The van der Waals surface area contributed by atoms with Gasteiger partial charge in [-0.3, -0.25) is 9.59 Å². The highest BCUT2D eigenvalue weighted by Crippen LogP contribution is 2.18. The molecule has 0 bridgehead atoms. The van der Waals surface area contributed by atoms with Crippen molar-refractivity contribution in [1.29, 1.82) is 0 Å². The number of aliphatic carboxylic acids is 1. The lowest BCUT2D eigenvalue weighted by molar-refractivity contribution is -0.870. The fraction of sp³-hybridized carbons (Fsp3) is 0.819. The quantitative estimate of drug-likeness (QED) is 0.0211. The number of carboxylic acid groups (broad SMARTS) is 1. The van der Waals surface area contributed by atoms with Gasteiger partial charge in [-0.25, -0.2) is 4.79 Å². The molecule has 0 aliphatic carbocycles. The second-order valence-electron chi connectivity index (χ2n) is 24.5. The average Bonchev–Trinajstić information content (AvgIpc) is 3.44. The molecule has 9 nitrogen and oxygen atoms in total. The molecule has 2 atom stereocenters. The third-order valence-corrected chi connectivity index (χ3v) is 15.3. The Bertz CT molecular complexity index is 1510. The van der Waals surface area contributed by atoms with Gasteiger partial charge in [0.1, 0.15) is 13.2 Å². The number of esters is 2. The lowest BCUT2D eigenvalue weighted by Gasteiger charge is -2.25. The molecule has 81 heavy (non-hydrogen) atoms. The van der Waals surface area contributed by atoms with Crippen LogP contribution in [-0.2, 0) is 33.3 Å². The number of hydrogen-bond acceptors (Lipinski definition) is 7. The van der Waals surface area contributed by atoms with Gasteiger partial charge >= 0.3 is 17.9 Å². The first-order valence-corrected chi connectivity index (χ1v) is 34.5. The maximum atomic E-state index is 12.9. The van der Waals surface area contributed by atoms with E-state index >= 15 is 0 Å². The Morgan fingerprint density at radius 2 is 0.704 bits per heavy atom. The summed E-state index contributed by atoms with van der Waals surface area (Å²) in [5.74, 6) is -1.99. The molecule has 0 aliphatic rings. The van der Waals surface area contributed by atoms with E-state index in [1.807, 2.05) is 21.1 Å². The number of quaternary nitrogens is 1. The van der Waals surface area contributed by atoms with Crippen molar-refractivity contribution in [1.82, 2.24) is 0 Å². The fourth-order valence-corrected chi connectivity index (χ4v) is 10.0. The SMILES string of the molecule is CC/C=C\C/C=C\C/C=C\C/C=C\C/C=C\CCCCCCCCCCCCCCCC(=O)OC(COC(=O)CCCCCCCCCCCCCCCCCCCCCCCCCCCCC)COC(OCC[N+](C)(C)C)C(=O)O. The first kappa shape index (κ1) is 78.0. The average molecular weight is 1140 g/mol. The number of nitrogens with zero attached hydrogens (tertiary/aromatic N) is 1. The van der Waals surface area contributed by atoms with Gasteiger partial charge in [0.05, 0.1) is 34.4 Å². The van der Waals surface area contributed by atoms with Gasteiger partial charge in [-0.05, 0) is 57.8 Å². The molecule has 9 heteroatoms. The number of allylic oxidation sites excluding steroid dienone is 10. The molecular formula is C72H132NO8+. The van der Waals surface area contributed by atoms with E-state index in [2.05, 4.69) is 74.6 Å². The molecule has 0 heterocycles. The summed E-state index contributed by atoms with van der Waals surface area (Å²) < 4.78 is 23.0. The van der Waals surface area contributed by atoms with Gasteiger partial charge in [-0.2, -0.15) is 0 Å². The highest BCUT2D eigenvalue weighted by Gasteiger charge is 2.25. The van der Waals surface area contributed by atoms with Crippen molar-refractivity contribution < 1.29 is 42.9 Å². The molecule has 0 spiro atoms. The summed E-state index contributed by atoms with van der Waals surface area (Å²) in [6, 6.07) is 0. The van der Waals surface area contributed by atoms with Crippen LogP contribution in [-0.4, -0.2) is 87.4 Å². The van der Waals surface area contributed by atoms with Gasteiger partial charge in [0.2, 0.25) is 0 Å². The first-order chi connectivity index (χ1) is 39.6. The topological polar surface area (TPSA) is 108 Å². The summed E-state index contributed by atoms with van der Waals surface area (Å²) in [4.78, 5) is 37.6. The van der Waals surface area contributed by atoms with Crippen LogP contribution >= 0.6 is 0 Å². The van der Waals surface area contributed by atoms with E-state index in [4.69, 9.17) is 18.9 Å². The monoisotopic (exact) mass is 1140 g/mol. The lowest BCUT2D eigenvalue weighted by Crippen LogP contribution is -2.40. The second-order valence-corrected chi connectivity index (χ2v) is 24.5. The van der Waals surface area contributed by atoms with Crippen LogP contribution in [0.15, 0.2) is 60.8 Å². The minimum atomic E-state index is -1.51. The molecular weight excluding hydrogens is 1010 g/mol. The minimum absolute atomic E-state index is 0.179. The number of carbonyl (C=O) groups excluding carboxylic acids is 2. The van der Waals surface area contributed by atoms with Crippen LogP contribution in [0.3, 0.4) is 0 Å². The second kappa shape index (κ2) is 63.0. The van der Waals surface area contributed by atoms with Gasteiger partial charge in [-0.1, -0.05) is 312 Å². The number of unbranched alkanes of at least 4 members (excludes halogenated alkanes) is 39.